The summed E-state index contributed by atoms with van der Waals surface area (Å²) in [4.78, 5) is 37.6. The second-order valence-electron chi connectivity index (χ2n) is 4.94. The molecular weight excluding hydrogens is 314 g/mol. The van der Waals surface area contributed by atoms with E-state index in [0.29, 0.717) is 22.3 Å². The zero-order valence-corrected chi connectivity index (χ0v) is 12.7. The quantitative estimate of drug-likeness (QED) is 0.580. The number of ether oxygens (including phenoxy) is 2. The summed E-state index contributed by atoms with van der Waals surface area (Å²) in [5, 5.41) is 0.616. The number of aromatic nitrogens is 1. The van der Waals surface area contributed by atoms with Gasteiger partial charge in [-0.05, 0) is 24.3 Å². The fourth-order valence-corrected chi connectivity index (χ4v) is 2.26. The van der Waals surface area contributed by atoms with Crippen molar-refractivity contribution in [3.63, 3.8) is 0 Å². The summed E-state index contributed by atoms with van der Waals surface area (Å²) in [6.45, 7) is -0.165. The van der Waals surface area contributed by atoms with E-state index < -0.39 is 17.2 Å². The first-order chi connectivity index (χ1) is 11.6. The van der Waals surface area contributed by atoms with Crippen LogP contribution < -0.4 is 15.9 Å². The lowest BCUT2D eigenvalue weighted by Crippen LogP contribution is -2.19. The molecule has 0 saturated heterocycles. The minimum atomic E-state index is -0.772. The third-order valence-electron chi connectivity index (χ3n) is 3.43. The van der Waals surface area contributed by atoms with Gasteiger partial charge in [0.1, 0.15) is 23.5 Å². The maximum Gasteiger partial charge on any atom is 0.344 e. The maximum absolute atomic E-state index is 12.0. The second-order valence-corrected chi connectivity index (χ2v) is 4.94. The SMILES string of the molecule is COc1ccc2c(COC(=O)c3ccc[nH]c3=O)cc(=O)oc2c1. The van der Waals surface area contributed by atoms with Gasteiger partial charge in [0, 0.05) is 29.3 Å². The summed E-state index contributed by atoms with van der Waals surface area (Å²) in [6, 6.07) is 9.12. The topological polar surface area (TPSA) is 98.6 Å². The number of rotatable bonds is 4. The molecule has 0 spiro atoms. The number of fused-ring (bicyclic) bond motifs is 1. The van der Waals surface area contributed by atoms with E-state index >= 15 is 0 Å². The van der Waals surface area contributed by atoms with Gasteiger partial charge in [-0.2, -0.15) is 0 Å². The molecule has 0 bridgehead atoms. The van der Waals surface area contributed by atoms with Gasteiger partial charge < -0.3 is 18.9 Å². The Balaban J connectivity index is 1.90. The van der Waals surface area contributed by atoms with Gasteiger partial charge >= 0.3 is 11.6 Å². The fraction of sp³-hybridized carbons (Fsp3) is 0.118. The zero-order valence-electron chi connectivity index (χ0n) is 12.7. The number of pyridine rings is 1. The molecule has 3 aromatic rings. The van der Waals surface area contributed by atoms with E-state index in [9.17, 15) is 14.4 Å². The van der Waals surface area contributed by atoms with Crippen LogP contribution in [-0.2, 0) is 11.3 Å². The molecule has 2 aromatic heterocycles. The zero-order chi connectivity index (χ0) is 17.1. The van der Waals surface area contributed by atoms with Crippen LogP contribution in [0.2, 0.25) is 0 Å². The van der Waals surface area contributed by atoms with E-state index in [0.717, 1.165) is 0 Å². The monoisotopic (exact) mass is 327 g/mol. The van der Waals surface area contributed by atoms with E-state index in [1.807, 2.05) is 0 Å². The van der Waals surface area contributed by atoms with Crippen molar-refractivity contribution in [3.8, 4) is 5.75 Å². The molecule has 7 nitrogen and oxygen atoms in total. The van der Waals surface area contributed by atoms with Crippen LogP contribution in [0, 0.1) is 0 Å². The lowest BCUT2D eigenvalue weighted by Gasteiger charge is -2.08. The highest BCUT2D eigenvalue weighted by atomic mass is 16.5. The number of carbonyl (C=O) groups is 1. The standard InChI is InChI=1S/C17H13NO6/c1-22-11-4-5-12-10(7-15(19)24-14(12)8-11)9-23-17(21)13-3-2-6-18-16(13)20/h2-8H,9H2,1H3,(H,18,20). The average Bonchev–Trinajstić information content (AvgIpc) is 2.59. The molecule has 2 heterocycles. The summed E-state index contributed by atoms with van der Waals surface area (Å²) < 4.78 is 15.4. The van der Waals surface area contributed by atoms with Crippen LogP contribution in [-0.4, -0.2) is 18.1 Å². The molecule has 0 aliphatic carbocycles. The van der Waals surface area contributed by atoms with Crippen molar-refractivity contribution in [1.82, 2.24) is 4.98 Å². The summed E-state index contributed by atoms with van der Waals surface area (Å²) in [7, 11) is 1.50. The molecule has 0 radical (unpaired) electrons. The summed E-state index contributed by atoms with van der Waals surface area (Å²) in [5.41, 5.74) is -0.412. The minimum Gasteiger partial charge on any atom is -0.497 e. The maximum atomic E-state index is 12.0. The molecule has 122 valence electrons. The highest BCUT2D eigenvalue weighted by molar-refractivity contribution is 5.89. The first-order valence-corrected chi connectivity index (χ1v) is 7.04. The Morgan fingerprint density at radius 3 is 2.79 bits per heavy atom. The number of carbonyl (C=O) groups excluding carboxylic acids is 1. The Bertz CT molecular complexity index is 1020. The van der Waals surface area contributed by atoms with Gasteiger partial charge in [-0.1, -0.05) is 0 Å². The molecule has 1 aromatic carbocycles. The smallest absolute Gasteiger partial charge is 0.344 e. The van der Waals surface area contributed by atoms with Crippen molar-refractivity contribution in [3.05, 3.63) is 74.5 Å². The molecule has 0 aliphatic rings. The van der Waals surface area contributed by atoms with E-state index in [1.165, 1.54) is 31.5 Å². The third-order valence-corrected chi connectivity index (χ3v) is 3.43. The Kier molecular flexibility index (Phi) is 4.15. The molecule has 1 N–H and O–H groups in total. The van der Waals surface area contributed by atoms with Crippen LogP contribution in [0.15, 0.2) is 56.6 Å². The molecule has 0 unspecified atom stereocenters. The lowest BCUT2D eigenvalue weighted by atomic mass is 10.1. The lowest BCUT2D eigenvalue weighted by molar-refractivity contribution is 0.0471. The van der Waals surface area contributed by atoms with Crippen molar-refractivity contribution in [2.75, 3.05) is 7.11 Å². The molecule has 0 aliphatic heterocycles. The number of aromatic amines is 1. The Morgan fingerprint density at radius 2 is 2.04 bits per heavy atom. The summed E-state index contributed by atoms with van der Waals surface area (Å²) in [5.74, 6) is -0.234. The van der Waals surface area contributed by atoms with Crippen molar-refractivity contribution in [1.29, 1.82) is 0 Å². The number of methoxy groups -OCH3 is 1. The third kappa shape index (κ3) is 3.05. The molecule has 0 atom stereocenters. The van der Waals surface area contributed by atoms with Crippen LogP contribution in [0.25, 0.3) is 11.0 Å². The van der Waals surface area contributed by atoms with Gasteiger partial charge in [0.25, 0.3) is 5.56 Å². The van der Waals surface area contributed by atoms with Crippen LogP contribution in [0.3, 0.4) is 0 Å². The predicted molar refractivity (Wildman–Crippen MR) is 85.2 cm³/mol. The van der Waals surface area contributed by atoms with Crippen LogP contribution >= 0.6 is 0 Å². The number of benzene rings is 1. The van der Waals surface area contributed by atoms with Crippen LogP contribution in [0.4, 0.5) is 0 Å². The van der Waals surface area contributed by atoms with Gasteiger partial charge in [-0.3, -0.25) is 4.79 Å². The normalized spacial score (nSPS) is 10.5. The van der Waals surface area contributed by atoms with E-state index in [1.54, 1.807) is 18.2 Å². The second kappa shape index (κ2) is 6.41. The van der Waals surface area contributed by atoms with E-state index in [4.69, 9.17) is 13.9 Å². The molecule has 0 saturated carbocycles. The van der Waals surface area contributed by atoms with Crippen LogP contribution in [0.1, 0.15) is 15.9 Å². The van der Waals surface area contributed by atoms with Crippen LogP contribution in [0.5, 0.6) is 5.75 Å². The highest BCUT2D eigenvalue weighted by Crippen LogP contribution is 2.23. The Morgan fingerprint density at radius 1 is 1.21 bits per heavy atom. The molecule has 24 heavy (non-hydrogen) atoms. The fourth-order valence-electron chi connectivity index (χ4n) is 2.26. The molecule has 0 fully saturated rings. The molecular formula is C17H13NO6. The number of H-pyrrole nitrogens is 1. The Labute approximate surface area is 135 Å². The van der Waals surface area contributed by atoms with Crippen molar-refractivity contribution in [2.45, 2.75) is 6.61 Å². The molecule has 7 heteroatoms. The molecule has 0 amide bonds. The largest absolute Gasteiger partial charge is 0.497 e. The van der Waals surface area contributed by atoms with Crippen molar-refractivity contribution < 1.29 is 18.7 Å². The first kappa shape index (κ1) is 15.5. The van der Waals surface area contributed by atoms with E-state index in [-0.39, 0.29) is 12.2 Å². The number of hydrogen-bond acceptors (Lipinski definition) is 6. The van der Waals surface area contributed by atoms with Gasteiger partial charge in [0.05, 0.1) is 7.11 Å². The average molecular weight is 327 g/mol. The summed E-state index contributed by atoms with van der Waals surface area (Å²) in [6.07, 6.45) is 1.42. The number of hydrogen-bond donors (Lipinski definition) is 1. The molecule has 3 rings (SSSR count). The highest BCUT2D eigenvalue weighted by Gasteiger charge is 2.13. The van der Waals surface area contributed by atoms with Gasteiger partial charge in [0.2, 0.25) is 0 Å². The summed E-state index contributed by atoms with van der Waals surface area (Å²) >= 11 is 0. The first-order valence-electron chi connectivity index (χ1n) is 7.04. The van der Waals surface area contributed by atoms with E-state index in [2.05, 4.69) is 4.98 Å². The Hall–Kier alpha value is -3.35. The minimum absolute atomic E-state index is 0.105. The number of nitrogens with one attached hydrogen (secondary N) is 1. The van der Waals surface area contributed by atoms with Gasteiger partial charge in [0.15, 0.2) is 0 Å². The number of esters is 1. The van der Waals surface area contributed by atoms with Crippen molar-refractivity contribution >= 4 is 16.9 Å². The van der Waals surface area contributed by atoms with Gasteiger partial charge in [-0.25, -0.2) is 9.59 Å². The predicted octanol–water partition coefficient (Wildman–Crippen LogP) is 1.85. The van der Waals surface area contributed by atoms with Gasteiger partial charge in [-0.15, -0.1) is 0 Å². The van der Waals surface area contributed by atoms with Crippen molar-refractivity contribution in [2.24, 2.45) is 0 Å².